The molecule has 0 saturated carbocycles. The molecule has 0 fully saturated rings. The lowest BCUT2D eigenvalue weighted by molar-refractivity contribution is 0.0955. The van der Waals surface area contributed by atoms with Gasteiger partial charge in [0.25, 0.3) is 5.91 Å². The number of ketones is 1. The van der Waals surface area contributed by atoms with Crippen LogP contribution >= 0.6 is 0 Å². The minimum atomic E-state index is -0.348. The molecule has 36 heavy (non-hydrogen) atoms. The molecular formula is C27H32N4O5. The first-order valence-corrected chi connectivity index (χ1v) is 11.6. The number of nitriles is 1. The number of aromatic nitrogens is 1. The Morgan fingerprint density at radius 3 is 2.44 bits per heavy atom. The predicted octanol–water partition coefficient (Wildman–Crippen LogP) is 4.07. The van der Waals surface area contributed by atoms with Crippen molar-refractivity contribution in [1.82, 2.24) is 9.88 Å². The summed E-state index contributed by atoms with van der Waals surface area (Å²) in [6.45, 7) is 8.04. The van der Waals surface area contributed by atoms with Gasteiger partial charge in [0, 0.05) is 35.1 Å². The molecule has 190 valence electrons. The summed E-state index contributed by atoms with van der Waals surface area (Å²) in [5.41, 5.74) is 7.61. The minimum Gasteiger partial charge on any atom is -0.493 e. The summed E-state index contributed by atoms with van der Waals surface area (Å²) < 4.78 is 18.5. The standard InChI is InChI=1S/C27H32N4O5/c1-7-35-22-12-17-14-31(25(29)18(17)13-19(22)26(33)30-5)15-21(32)16-10-20(27(2,3)4)24(34-6)23(11-16)36-9-8-28/h10-14H,7,9,15,29H2,1-6H3,(H,30,33). The van der Waals surface area contributed by atoms with Crippen LogP contribution in [0, 0.1) is 11.3 Å². The Morgan fingerprint density at radius 2 is 1.86 bits per heavy atom. The fourth-order valence-electron chi connectivity index (χ4n) is 4.03. The normalized spacial score (nSPS) is 11.1. The number of methoxy groups -OCH3 is 1. The molecule has 9 heteroatoms. The molecule has 2 aromatic carbocycles. The molecule has 1 heterocycles. The van der Waals surface area contributed by atoms with Crippen molar-refractivity contribution in [3.05, 3.63) is 47.2 Å². The number of nitrogens with zero attached hydrogens (tertiary/aromatic N) is 2. The van der Waals surface area contributed by atoms with Crippen molar-refractivity contribution in [3.63, 3.8) is 0 Å². The number of carbonyl (C=O) groups is 2. The summed E-state index contributed by atoms with van der Waals surface area (Å²) in [6, 6.07) is 8.75. The number of nitrogen functional groups attached to an aromatic ring is 1. The topological polar surface area (TPSA) is 129 Å². The maximum absolute atomic E-state index is 13.4. The summed E-state index contributed by atoms with van der Waals surface area (Å²) in [6.07, 6.45) is 1.76. The maximum atomic E-state index is 13.4. The number of nitrogens with two attached hydrogens (primary N) is 1. The molecule has 3 aromatic rings. The van der Waals surface area contributed by atoms with E-state index in [0.29, 0.717) is 46.2 Å². The van der Waals surface area contributed by atoms with Crippen LogP contribution in [0.4, 0.5) is 5.82 Å². The molecule has 9 nitrogen and oxygen atoms in total. The van der Waals surface area contributed by atoms with E-state index in [-0.39, 0.29) is 30.3 Å². The van der Waals surface area contributed by atoms with Crippen molar-refractivity contribution < 1.29 is 23.8 Å². The summed E-state index contributed by atoms with van der Waals surface area (Å²) in [5, 5.41) is 13.0. The molecule has 0 unspecified atom stereocenters. The van der Waals surface area contributed by atoms with Gasteiger partial charge in [-0.25, -0.2) is 0 Å². The number of fused-ring (bicyclic) bond motifs is 1. The Morgan fingerprint density at radius 1 is 1.14 bits per heavy atom. The number of Topliss-reactive ketones (excluding diaryl/α,β-unsaturated/α-hetero) is 1. The Hall–Kier alpha value is -4.19. The molecule has 0 radical (unpaired) electrons. The molecule has 0 atom stereocenters. The highest BCUT2D eigenvalue weighted by molar-refractivity contribution is 6.05. The second-order valence-corrected chi connectivity index (χ2v) is 9.27. The fourth-order valence-corrected chi connectivity index (χ4v) is 4.03. The van der Waals surface area contributed by atoms with Crippen molar-refractivity contribution in [2.75, 3.05) is 33.1 Å². The van der Waals surface area contributed by atoms with E-state index >= 15 is 0 Å². The van der Waals surface area contributed by atoms with Crippen LogP contribution in [0.1, 0.15) is 54.0 Å². The number of ether oxygens (including phenoxy) is 3. The van der Waals surface area contributed by atoms with E-state index in [9.17, 15) is 9.59 Å². The predicted molar refractivity (Wildman–Crippen MR) is 138 cm³/mol. The number of nitrogens with one attached hydrogen (secondary N) is 1. The highest BCUT2D eigenvalue weighted by Gasteiger charge is 2.25. The van der Waals surface area contributed by atoms with Gasteiger partial charge in [-0.3, -0.25) is 9.59 Å². The van der Waals surface area contributed by atoms with E-state index in [2.05, 4.69) is 5.32 Å². The van der Waals surface area contributed by atoms with Crippen molar-refractivity contribution >= 4 is 28.3 Å². The van der Waals surface area contributed by atoms with Crippen LogP contribution in [0.2, 0.25) is 0 Å². The van der Waals surface area contributed by atoms with Crippen LogP contribution in [0.3, 0.4) is 0 Å². The third-order valence-electron chi connectivity index (χ3n) is 5.80. The first-order valence-electron chi connectivity index (χ1n) is 11.6. The Bertz CT molecular complexity index is 1350. The summed E-state index contributed by atoms with van der Waals surface area (Å²) in [5.74, 6) is 1.13. The average molecular weight is 493 g/mol. The Kier molecular flexibility index (Phi) is 7.78. The third-order valence-corrected chi connectivity index (χ3v) is 5.80. The van der Waals surface area contributed by atoms with Crippen LogP contribution in [0.5, 0.6) is 17.2 Å². The second kappa shape index (κ2) is 10.6. The van der Waals surface area contributed by atoms with E-state index in [0.717, 1.165) is 10.9 Å². The number of amides is 1. The van der Waals surface area contributed by atoms with Crippen LogP contribution in [-0.2, 0) is 12.0 Å². The lowest BCUT2D eigenvalue weighted by Gasteiger charge is -2.24. The first kappa shape index (κ1) is 26.4. The van der Waals surface area contributed by atoms with Crippen LogP contribution < -0.4 is 25.3 Å². The van der Waals surface area contributed by atoms with E-state index in [1.54, 1.807) is 42.1 Å². The molecule has 1 amide bonds. The van der Waals surface area contributed by atoms with Gasteiger partial charge >= 0.3 is 0 Å². The number of hydrogen-bond donors (Lipinski definition) is 2. The minimum absolute atomic E-state index is 0.0343. The van der Waals surface area contributed by atoms with Crippen molar-refractivity contribution in [2.45, 2.75) is 39.7 Å². The Labute approximate surface area is 210 Å². The zero-order valence-corrected chi connectivity index (χ0v) is 21.5. The van der Waals surface area contributed by atoms with Crippen molar-refractivity contribution in [1.29, 1.82) is 5.26 Å². The van der Waals surface area contributed by atoms with Crippen LogP contribution in [-0.4, -0.2) is 43.6 Å². The van der Waals surface area contributed by atoms with Gasteiger partial charge in [-0.2, -0.15) is 5.26 Å². The number of rotatable bonds is 9. The van der Waals surface area contributed by atoms with Gasteiger partial charge in [0.1, 0.15) is 17.6 Å². The average Bonchev–Trinajstić information content (AvgIpc) is 3.14. The van der Waals surface area contributed by atoms with Gasteiger partial charge in [0.2, 0.25) is 0 Å². The molecule has 0 saturated heterocycles. The fraction of sp³-hybridized carbons (Fsp3) is 0.370. The molecule has 0 bridgehead atoms. The van der Waals surface area contributed by atoms with Gasteiger partial charge in [-0.05, 0) is 36.6 Å². The van der Waals surface area contributed by atoms with Crippen molar-refractivity contribution in [2.24, 2.45) is 0 Å². The number of anilines is 1. The second-order valence-electron chi connectivity index (χ2n) is 9.27. The lowest BCUT2D eigenvalue weighted by atomic mass is 9.84. The molecule has 0 aliphatic heterocycles. The molecule has 0 aliphatic carbocycles. The zero-order valence-electron chi connectivity index (χ0n) is 21.5. The lowest BCUT2D eigenvalue weighted by Crippen LogP contribution is -2.19. The highest BCUT2D eigenvalue weighted by Crippen LogP contribution is 2.40. The first-order chi connectivity index (χ1) is 17.0. The van der Waals surface area contributed by atoms with Gasteiger partial charge in [-0.1, -0.05) is 20.8 Å². The molecule has 1 aromatic heterocycles. The zero-order chi connectivity index (χ0) is 26.6. The van der Waals surface area contributed by atoms with E-state index in [1.165, 1.54) is 7.11 Å². The molecule has 3 N–H and O–H groups in total. The molecule has 0 aliphatic rings. The third kappa shape index (κ3) is 5.23. The number of hydrogen-bond acceptors (Lipinski definition) is 7. The number of carbonyl (C=O) groups excluding carboxylic acids is 2. The van der Waals surface area contributed by atoms with Crippen molar-refractivity contribution in [3.8, 4) is 23.3 Å². The van der Waals surface area contributed by atoms with E-state index in [4.69, 9.17) is 25.2 Å². The van der Waals surface area contributed by atoms with Gasteiger partial charge in [-0.15, -0.1) is 0 Å². The van der Waals surface area contributed by atoms with Gasteiger partial charge < -0.3 is 29.8 Å². The van der Waals surface area contributed by atoms with Crippen LogP contribution in [0.25, 0.3) is 10.8 Å². The largest absolute Gasteiger partial charge is 0.493 e. The smallest absolute Gasteiger partial charge is 0.254 e. The summed E-state index contributed by atoms with van der Waals surface area (Å²) in [4.78, 5) is 25.8. The molecular weight excluding hydrogens is 460 g/mol. The highest BCUT2D eigenvalue weighted by atomic mass is 16.5. The van der Waals surface area contributed by atoms with Gasteiger partial charge in [0.15, 0.2) is 23.9 Å². The van der Waals surface area contributed by atoms with E-state index < -0.39 is 0 Å². The SMILES string of the molecule is CCOc1cc2cn(CC(=O)c3cc(OCC#N)c(OC)c(C(C)(C)C)c3)c(N)c2cc1C(=O)NC. The monoisotopic (exact) mass is 492 g/mol. The van der Waals surface area contributed by atoms with E-state index in [1.807, 2.05) is 33.8 Å². The van der Waals surface area contributed by atoms with Gasteiger partial charge in [0.05, 0.1) is 25.8 Å². The number of benzene rings is 2. The summed E-state index contributed by atoms with van der Waals surface area (Å²) >= 11 is 0. The maximum Gasteiger partial charge on any atom is 0.254 e. The summed E-state index contributed by atoms with van der Waals surface area (Å²) in [7, 11) is 3.08. The molecule has 0 spiro atoms. The molecule has 3 rings (SSSR count). The van der Waals surface area contributed by atoms with Crippen LogP contribution in [0.15, 0.2) is 30.5 Å². The quantitative estimate of drug-likeness (QED) is 0.431. The Balaban J connectivity index is 2.06.